The van der Waals surface area contributed by atoms with Crippen molar-refractivity contribution in [1.29, 1.82) is 0 Å². The van der Waals surface area contributed by atoms with Gasteiger partial charge in [-0.2, -0.15) is 0 Å². The van der Waals surface area contributed by atoms with Crippen LogP contribution in [0.15, 0.2) is 30.3 Å². The fourth-order valence-corrected chi connectivity index (χ4v) is 2.34. The predicted octanol–water partition coefficient (Wildman–Crippen LogP) is 1.33. The molecule has 1 fully saturated rings. The minimum atomic E-state index is 0.223. The molecule has 1 aliphatic rings. The van der Waals surface area contributed by atoms with Gasteiger partial charge in [-0.1, -0.05) is 25.1 Å². The molecule has 1 heterocycles. The number of nitrogens with zero attached hydrogens (tertiary/aromatic N) is 2. The zero-order valence-electron chi connectivity index (χ0n) is 11.6. The summed E-state index contributed by atoms with van der Waals surface area (Å²) in [5.41, 5.74) is 1.25. The molecule has 0 saturated carbocycles. The van der Waals surface area contributed by atoms with Crippen LogP contribution in [-0.2, 0) is 4.79 Å². The predicted molar refractivity (Wildman–Crippen MR) is 78.4 cm³/mol. The van der Waals surface area contributed by atoms with Crippen LogP contribution in [0.2, 0.25) is 0 Å². The molecule has 1 saturated heterocycles. The van der Waals surface area contributed by atoms with E-state index in [1.807, 2.05) is 11.0 Å². The number of anilines is 1. The van der Waals surface area contributed by atoms with E-state index in [-0.39, 0.29) is 5.91 Å². The van der Waals surface area contributed by atoms with Crippen molar-refractivity contribution in [2.24, 2.45) is 0 Å². The van der Waals surface area contributed by atoms with E-state index in [4.69, 9.17) is 0 Å². The average molecular weight is 261 g/mol. The van der Waals surface area contributed by atoms with Gasteiger partial charge < -0.3 is 15.1 Å². The van der Waals surface area contributed by atoms with Gasteiger partial charge in [0.15, 0.2) is 0 Å². The van der Waals surface area contributed by atoms with E-state index < -0.39 is 0 Å². The van der Waals surface area contributed by atoms with Crippen LogP contribution >= 0.6 is 0 Å². The van der Waals surface area contributed by atoms with E-state index in [1.54, 1.807) is 0 Å². The molecule has 0 aliphatic carbocycles. The van der Waals surface area contributed by atoms with E-state index in [2.05, 4.69) is 41.4 Å². The van der Waals surface area contributed by atoms with E-state index >= 15 is 0 Å². The Kier molecular flexibility index (Phi) is 5.21. The number of amides is 1. The summed E-state index contributed by atoms with van der Waals surface area (Å²) in [4.78, 5) is 16.3. The second kappa shape index (κ2) is 7.14. The van der Waals surface area contributed by atoms with Crippen LogP contribution < -0.4 is 10.2 Å². The van der Waals surface area contributed by atoms with E-state index in [9.17, 15) is 4.79 Å². The van der Waals surface area contributed by atoms with Crippen molar-refractivity contribution in [3.8, 4) is 0 Å². The Hall–Kier alpha value is -1.55. The molecule has 0 atom stereocenters. The minimum Gasteiger partial charge on any atom is -0.368 e. The first-order valence-electron chi connectivity index (χ1n) is 7.09. The number of benzene rings is 1. The number of nitrogens with one attached hydrogen (secondary N) is 1. The highest BCUT2D eigenvalue weighted by Crippen LogP contribution is 2.15. The molecular weight excluding hydrogens is 238 g/mol. The van der Waals surface area contributed by atoms with Crippen LogP contribution in [0, 0.1) is 0 Å². The quantitative estimate of drug-likeness (QED) is 0.812. The number of piperazine rings is 1. The molecule has 0 spiro atoms. The Balaban J connectivity index is 1.77. The van der Waals surface area contributed by atoms with Gasteiger partial charge in [0.05, 0.1) is 6.54 Å². The first-order chi connectivity index (χ1) is 9.31. The van der Waals surface area contributed by atoms with E-state index in [0.717, 1.165) is 39.1 Å². The highest BCUT2D eigenvalue weighted by Gasteiger charge is 2.20. The number of para-hydroxylation sites is 1. The van der Waals surface area contributed by atoms with Crippen LogP contribution in [0.1, 0.15) is 13.3 Å². The molecule has 19 heavy (non-hydrogen) atoms. The molecule has 1 N–H and O–H groups in total. The highest BCUT2D eigenvalue weighted by molar-refractivity contribution is 5.78. The Morgan fingerprint density at radius 1 is 1.16 bits per heavy atom. The maximum absolute atomic E-state index is 12.0. The third-order valence-electron chi connectivity index (χ3n) is 3.46. The lowest BCUT2D eigenvalue weighted by molar-refractivity contribution is -0.130. The fraction of sp³-hybridized carbons (Fsp3) is 0.533. The normalized spacial score (nSPS) is 15.6. The van der Waals surface area contributed by atoms with Gasteiger partial charge in [0.1, 0.15) is 0 Å². The lowest BCUT2D eigenvalue weighted by Gasteiger charge is -2.36. The van der Waals surface area contributed by atoms with Crippen LogP contribution in [0.5, 0.6) is 0 Å². The molecule has 1 aromatic rings. The van der Waals surface area contributed by atoms with Crippen LogP contribution in [-0.4, -0.2) is 50.1 Å². The summed E-state index contributed by atoms with van der Waals surface area (Å²) >= 11 is 0. The lowest BCUT2D eigenvalue weighted by Crippen LogP contribution is -2.50. The Morgan fingerprint density at radius 3 is 2.47 bits per heavy atom. The van der Waals surface area contributed by atoms with Gasteiger partial charge in [-0.3, -0.25) is 4.79 Å². The Morgan fingerprint density at radius 2 is 1.84 bits per heavy atom. The van der Waals surface area contributed by atoms with Crippen molar-refractivity contribution < 1.29 is 4.79 Å². The maximum Gasteiger partial charge on any atom is 0.236 e. The van der Waals surface area contributed by atoms with E-state index in [1.165, 1.54) is 5.69 Å². The molecule has 1 amide bonds. The summed E-state index contributed by atoms with van der Waals surface area (Å²) < 4.78 is 0. The summed E-state index contributed by atoms with van der Waals surface area (Å²) in [6.07, 6.45) is 1.06. The summed E-state index contributed by atoms with van der Waals surface area (Å²) in [6, 6.07) is 10.4. The zero-order valence-corrected chi connectivity index (χ0v) is 11.6. The van der Waals surface area contributed by atoms with Gasteiger partial charge in [0.2, 0.25) is 5.91 Å². The zero-order chi connectivity index (χ0) is 13.5. The molecule has 0 unspecified atom stereocenters. The SMILES string of the molecule is CCCNCC(=O)N1CCN(c2ccccc2)CC1. The molecule has 2 rings (SSSR count). The summed E-state index contributed by atoms with van der Waals surface area (Å²) in [7, 11) is 0. The van der Waals surface area contributed by atoms with Crippen LogP contribution in [0.25, 0.3) is 0 Å². The second-order valence-electron chi connectivity index (χ2n) is 4.88. The van der Waals surface area contributed by atoms with Crippen molar-refractivity contribution in [3.63, 3.8) is 0 Å². The Bertz CT molecular complexity index is 386. The first-order valence-corrected chi connectivity index (χ1v) is 7.09. The molecule has 0 bridgehead atoms. The number of carbonyl (C=O) groups excluding carboxylic acids is 1. The molecule has 4 heteroatoms. The maximum atomic E-state index is 12.0. The van der Waals surface area contributed by atoms with E-state index in [0.29, 0.717) is 6.54 Å². The number of hydrogen-bond acceptors (Lipinski definition) is 3. The molecule has 1 aliphatic heterocycles. The first kappa shape index (κ1) is 13.9. The molecule has 0 aromatic heterocycles. The van der Waals surface area contributed by atoms with Crippen molar-refractivity contribution in [1.82, 2.24) is 10.2 Å². The fourth-order valence-electron chi connectivity index (χ4n) is 2.34. The van der Waals surface area contributed by atoms with Gasteiger partial charge >= 0.3 is 0 Å². The third-order valence-corrected chi connectivity index (χ3v) is 3.46. The van der Waals surface area contributed by atoms with Gasteiger partial charge in [-0.25, -0.2) is 0 Å². The van der Waals surface area contributed by atoms with Crippen LogP contribution in [0.3, 0.4) is 0 Å². The molecule has 0 radical (unpaired) electrons. The Labute approximate surface area is 115 Å². The largest absolute Gasteiger partial charge is 0.368 e. The average Bonchev–Trinajstić information content (AvgIpc) is 2.48. The topological polar surface area (TPSA) is 35.6 Å². The van der Waals surface area contributed by atoms with Crippen molar-refractivity contribution >= 4 is 11.6 Å². The van der Waals surface area contributed by atoms with Crippen molar-refractivity contribution in [3.05, 3.63) is 30.3 Å². The van der Waals surface area contributed by atoms with Gasteiger partial charge in [0.25, 0.3) is 0 Å². The summed E-state index contributed by atoms with van der Waals surface area (Å²) in [5, 5.41) is 3.17. The molecule has 104 valence electrons. The smallest absolute Gasteiger partial charge is 0.236 e. The standard InChI is InChI=1S/C15H23N3O/c1-2-8-16-13-15(19)18-11-9-17(10-12-18)14-6-4-3-5-7-14/h3-7,16H,2,8-13H2,1H3. The minimum absolute atomic E-state index is 0.223. The lowest BCUT2D eigenvalue weighted by atomic mass is 10.2. The van der Waals surface area contributed by atoms with Crippen LogP contribution in [0.4, 0.5) is 5.69 Å². The van der Waals surface area contributed by atoms with Gasteiger partial charge in [-0.15, -0.1) is 0 Å². The number of rotatable bonds is 5. The molecule has 4 nitrogen and oxygen atoms in total. The van der Waals surface area contributed by atoms with Gasteiger partial charge in [-0.05, 0) is 25.1 Å². The summed E-state index contributed by atoms with van der Waals surface area (Å²) in [6.45, 7) is 6.97. The van der Waals surface area contributed by atoms with Crippen molar-refractivity contribution in [2.45, 2.75) is 13.3 Å². The molecule has 1 aromatic carbocycles. The highest BCUT2D eigenvalue weighted by atomic mass is 16.2. The number of hydrogen-bond donors (Lipinski definition) is 1. The van der Waals surface area contributed by atoms with Gasteiger partial charge in [0, 0.05) is 31.9 Å². The second-order valence-corrected chi connectivity index (χ2v) is 4.88. The molecular formula is C15H23N3O. The summed E-state index contributed by atoms with van der Waals surface area (Å²) in [5.74, 6) is 0.223. The number of carbonyl (C=O) groups is 1. The van der Waals surface area contributed by atoms with Crippen molar-refractivity contribution in [2.75, 3.05) is 44.2 Å². The monoisotopic (exact) mass is 261 g/mol. The third kappa shape index (κ3) is 3.96.